The number of urea groups is 2. The molecule has 1 atom stereocenters. The van der Waals surface area contributed by atoms with Crippen LogP contribution in [0.5, 0.6) is 5.75 Å². The minimum absolute atomic E-state index is 0.184. The van der Waals surface area contributed by atoms with E-state index >= 15 is 0 Å². The number of carbonyl (C=O) groups excluding carboxylic acids is 3. The van der Waals surface area contributed by atoms with Gasteiger partial charge in [0.15, 0.2) is 0 Å². The van der Waals surface area contributed by atoms with Crippen molar-refractivity contribution in [1.29, 1.82) is 0 Å². The fraction of sp³-hybridized carbons (Fsp3) is 0.407. The molecule has 2 aliphatic heterocycles. The largest absolute Gasteiger partial charge is 0.495 e. The number of methoxy groups -OCH3 is 1. The third kappa shape index (κ3) is 6.34. The number of carbonyl (C=O) groups is 4. The summed E-state index contributed by atoms with van der Waals surface area (Å²) >= 11 is 0. The maximum Gasteiger partial charge on any atom is 0.323 e. The standard InChI is InChI=1S/C27H33N5O6/c1-17-5-3-4-6-21(17)29-26(36)30-22-8-7-19(15-23(22)38-2)24(33)32-14-11-20(16-32)28-27(37)31-12-9-18(10-13-31)25(34)35/h3-8,15,18,20H,9-14,16H2,1-2H3,(H,28,37)(H,34,35)(H2,29,30,36). The zero-order valence-corrected chi connectivity index (χ0v) is 21.5. The van der Waals surface area contributed by atoms with Crippen LogP contribution in [-0.4, -0.2) is 78.2 Å². The molecule has 0 aliphatic carbocycles. The zero-order chi connectivity index (χ0) is 27.2. The molecule has 1 unspecified atom stereocenters. The molecule has 0 aromatic heterocycles. The zero-order valence-electron chi connectivity index (χ0n) is 21.5. The summed E-state index contributed by atoms with van der Waals surface area (Å²) in [6.07, 6.45) is 1.51. The second-order valence-corrected chi connectivity index (χ2v) is 9.59. The molecule has 11 heteroatoms. The van der Waals surface area contributed by atoms with Crippen LogP contribution in [-0.2, 0) is 4.79 Å². The minimum atomic E-state index is -0.819. The van der Waals surface area contributed by atoms with Crippen molar-refractivity contribution in [2.24, 2.45) is 5.92 Å². The maximum atomic E-state index is 13.2. The molecule has 11 nitrogen and oxygen atoms in total. The Labute approximate surface area is 221 Å². The van der Waals surface area contributed by atoms with Gasteiger partial charge in [0, 0.05) is 43.5 Å². The third-order valence-electron chi connectivity index (χ3n) is 7.02. The summed E-state index contributed by atoms with van der Waals surface area (Å²) in [7, 11) is 1.47. The molecule has 0 bridgehead atoms. The van der Waals surface area contributed by atoms with E-state index in [1.807, 2.05) is 25.1 Å². The summed E-state index contributed by atoms with van der Waals surface area (Å²) < 4.78 is 5.42. The summed E-state index contributed by atoms with van der Waals surface area (Å²) in [4.78, 5) is 52.7. The van der Waals surface area contributed by atoms with Gasteiger partial charge in [-0.05, 0) is 56.0 Å². The molecule has 2 heterocycles. The molecule has 38 heavy (non-hydrogen) atoms. The summed E-state index contributed by atoms with van der Waals surface area (Å²) in [6.45, 7) is 3.57. The highest BCUT2D eigenvalue weighted by Crippen LogP contribution is 2.27. The number of carboxylic acid groups (broad SMARTS) is 1. The van der Waals surface area contributed by atoms with Gasteiger partial charge in [-0.2, -0.15) is 0 Å². The summed E-state index contributed by atoms with van der Waals surface area (Å²) in [5.41, 5.74) is 2.46. The molecule has 202 valence electrons. The van der Waals surface area contributed by atoms with Crippen LogP contribution in [0.3, 0.4) is 0 Å². The molecule has 4 rings (SSSR count). The number of hydrogen-bond donors (Lipinski definition) is 4. The van der Waals surface area contributed by atoms with Crippen molar-refractivity contribution >= 4 is 35.3 Å². The number of amides is 5. The number of likely N-dealkylation sites (tertiary alicyclic amines) is 2. The number of piperidine rings is 1. The lowest BCUT2D eigenvalue weighted by Crippen LogP contribution is -2.49. The molecule has 4 N–H and O–H groups in total. The number of aliphatic carboxylic acids is 1. The topological polar surface area (TPSA) is 140 Å². The highest BCUT2D eigenvalue weighted by atomic mass is 16.5. The van der Waals surface area contributed by atoms with Gasteiger partial charge in [0.1, 0.15) is 5.75 Å². The number of benzene rings is 2. The number of aryl methyl sites for hydroxylation is 1. The van der Waals surface area contributed by atoms with E-state index in [9.17, 15) is 19.2 Å². The van der Waals surface area contributed by atoms with Crippen molar-refractivity contribution < 1.29 is 29.0 Å². The predicted octanol–water partition coefficient (Wildman–Crippen LogP) is 3.37. The van der Waals surface area contributed by atoms with E-state index in [1.54, 1.807) is 34.1 Å². The number of carboxylic acids is 1. The Hall–Kier alpha value is -4.28. The number of para-hydroxylation sites is 1. The quantitative estimate of drug-likeness (QED) is 0.458. The van der Waals surface area contributed by atoms with Gasteiger partial charge in [-0.15, -0.1) is 0 Å². The van der Waals surface area contributed by atoms with Crippen LogP contribution in [0.15, 0.2) is 42.5 Å². The summed E-state index contributed by atoms with van der Waals surface area (Å²) in [5.74, 6) is -1.07. The number of ether oxygens (including phenoxy) is 1. The van der Waals surface area contributed by atoms with Crippen LogP contribution in [0, 0.1) is 12.8 Å². The average molecular weight is 524 g/mol. The van der Waals surface area contributed by atoms with E-state index in [0.717, 1.165) is 5.56 Å². The molecular weight excluding hydrogens is 490 g/mol. The fourth-order valence-electron chi connectivity index (χ4n) is 4.76. The van der Waals surface area contributed by atoms with Crippen molar-refractivity contribution in [3.63, 3.8) is 0 Å². The first-order valence-corrected chi connectivity index (χ1v) is 12.6. The van der Waals surface area contributed by atoms with Gasteiger partial charge in [-0.1, -0.05) is 18.2 Å². The molecule has 5 amide bonds. The third-order valence-corrected chi connectivity index (χ3v) is 7.02. The highest BCUT2D eigenvalue weighted by Gasteiger charge is 2.31. The maximum absolute atomic E-state index is 13.2. The number of anilines is 2. The number of nitrogens with zero attached hydrogens (tertiary/aromatic N) is 2. The average Bonchev–Trinajstić information content (AvgIpc) is 3.38. The number of nitrogens with one attached hydrogen (secondary N) is 3. The molecule has 0 radical (unpaired) electrons. The number of rotatable bonds is 6. The van der Waals surface area contributed by atoms with Gasteiger partial charge in [-0.25, -0.2) is 9.59 Å². The first kappa shape index (κ1) is 26.8. The molecule has 2 fully saturated rings. The smallest absolute Gasteiger partial charge is 0.323 e. The monoisotopic (exact) mass is 523 g/mol. The second kappa shape index (κ2) is 11.8. The molecular formula is C27H33N5O6. The van der Waals surface area contributed by atoms with E-state index in [-0.39, 0.29) is 18.0 Å². The van der Waals surface area contributed by atoms with E-state index in [0.29, 0.717) is 68.1 Å². The van der Waals surface area contributed by atoms with Crippen molar-refractivity contribution in [3.8, 4) is 5.75 Å². The first-order chi connectivity index (χ1) is 18.2. The van der Waals surface area contributed by atoms with E-state index < -0.39 is 17.9 Å². The van der Waals surface area contributed by atoms with Crippen molar-refractivity contribution in [2.45, 2.75) is 32.2 Å². The van der Waals surface area contributed by atoms with Gasteiger partial charge in [0.2, 0.25) is 0 Å². The van der Waals surface area contributed by atoms with Crippen LogP contribution in [0.1, 0.15) is 35.2 Å². The van der Waals surface area contributed by atoms with Crippen LogP contribution in [0.2, 0.25) is 0 Å². The van der Waals surface area contributed by atoms with Crippen LogP contribution in [0.4, 0.5) is 21.0 Å². The van der Waals surface area contributed by atoms with Crippen LogP contribution >= 0.6 is 0 Å². The fourth-order valence-corrected chi connectivity index (χ4v) is 4.76. The van der Waals surface area contributed by atoms with Gasteiger partial charge >= 0.3 is 18.0 Å². The van der Waals surface area contributed by atoms with E-state index in [4.69, 9.17) is 9.84 Å². The number of hydrogen-bond acceptors (Lipinski definition) is 5. The Bertz CT molecular complexity index is 1210. The van der Waals surface area contributed by atoms with Crippen LogP contribution < -0.4 is 20.7 Å². The Morgan fingerprint density at radius 2 is 1.61 bits per heavy atom. The van der Waals surface area contributed by atoms with Gasteiger partial charge in [-0.3, -0.25) is 9.59 Å². The molecule has 2 aromatic rings. The van der Waals surface area contributed by atoms with Crippen LogP contribution in [0.25, 0.3) is 0 Å². The molecule has 0 spiro atoms. The summed E-state index contributed by atoms with van der Waals surface area (Å²) in [6, 6.07) is 11.4. The lowest BCUT2D eigenvalue weighted by molar-refractivity contribution is -0.143. The Morgan fingerprint density at radius 1 is 0.921 bits per heavy atom. The Kier molecular flexibility index (Phi) is 8.35. The Balaban J connectivity index is 1.31. The first-order valence-electron chi connectivity index (χ1n) is 12.6. The highest BCUT2D eigenvalue weighted by molar-refractivity contribution is 6.02. The van der Waals surface area contributed by atoms with Gasteiger partial charge < -0.3 is 35.6 Å². The molecule has 0 saturated carbocycles. The van der Waals surface area contributed by atoms with Crippen molar-refractivity contribution in [2.75, 3.05) is 43.9 Å². The molecule has 2 aliphatic rings. The van der Waals surface area contributed by atoms with Gasteiger partial charge in [0.05, 0.1) is 18.7 Å². The minimum Gasteiger partial charge on any atom is -0.495 e. The normalized spacial score (nSPS) is 17.6. The van der Waals surface area contributed by atoms with Gasteiger partial charge in [0.25, 0.3) is 5.91 Å². The van der Waals surface area contributed by atoms with E-state index in [1.165, 1.54) is 7.11 Å². The molecule has 2 aromatic carbocycles. The van der Waals surface area contributed by atoms with E-state index in [2.05, 4.69) is 16.0 Å². The molecule has 2 saturated heterocycles. The lowest BCUT2D eigenvalue weighted by Gasteiger charge is -2.31. The Morgan fingerprint density at radius 3 is 2.29 bits per heavy atom. The predicted molar refractivity (Wildman–Crippen MR) is 142 cm³/mol. The second-order valence-electron chi connectivity index (χ2n) is 9.59. The SMILES string of the molecule is COc1cc(C(=O)N2CCC(NC(=O)N3CCC(C(=O)O)CC3)C2)ccc1NC(=O)Nc1ccccc1C. The lowest BCUT2D eigenvalue weighted by atomic mass is 9.97. The van der Waals surface area contributed by atoms with Crippen molar-refractivity contribution in [1.82, 2.24) is 15.1 Å². The summed E-state index contributed by atoms with van der Waals surface area (Å²) in [5, 5.41) is 17.7. The van der Waals surface area contributed by atoms with Crippen molar-refractivity contribution in [3.05, 3.63) is 53.6 Å².